The van der Waals surface area contributed by atoms with E-state index >= 15 is 0 Å². The smallest absolute Gasteiger partial charge is 0.0161 e. The maximum absolute atomic E-state index is 3.85. The molecular formula is C14H16. The van der Waals surface area contributed by atoms with Gasteiger partial charge >= 0.3 is 0 Å². The predicted molar refractivity (Wildman–Crippen MR) is 64.0 cm³/mol. The van der Waals surface area contributed by atoms with Crippen molar-refractivity contribution in [2.24, 2.45) is 0 Å². The highest BCUT2D eigenvalue weighted by atomic mass is 14.0. The lowest BCUT2D eigenvalue weighted by molar-refractivity contribution is 1.49. The summed E-state index contributed by atoms with van der Waals surface area (Å²) in [6.07, 6.45) is 6.05. The molecule has 0 atom stereocenters. The van der Waals surface area contributed by atoms with Crippen LogP contribution in [0.5, 0.6) is 0 Å². The zero-order valence-electron chi connectivity index (χ0n) is 8.83. The van der Waals surface area contributed by atoms with E-state index in [0.717, 1.165) is 0 Å². The summed E-state index contributed by atoms with van der Waals surface area (Å²) in [5, 5.41) is 0. The average Bonchev–Trinajstić information content (AvgIpc) is 2.21. The van der Waals surface area contributed by atoms with Crippen molar-refractivity contribution in [3.05, 3.63) is 66.3 Å². The van der Waals surface area contributed by atoms with Crippen molar-refractivity contribution in [3.63, 3.8) is 0 Å². The third-order valence-corrected chi connectivity index (χ3v) is 2.13. The zero-order chi connectivity index (χ0) is 10.4. The van der Waals surface area contributed by atoms with Gasteiger partial charge in [0.1, 0.15) is 0 Å². The van der Waals surface area contributed by atoms with Gasteiger partial charge in [-0.1, -0.05) is 55.1 Å². The molecule has 1 rings (SSSR count). The van der Waals surface area contributed by atoms with Gasteiger partial charge < -0.3 is 0 Å². The molecule has 14 heavy (non-hydrogen) atoms. The first kappa shape index (κ1) is 10.5. The van der Waals surface area contributed by atoms with Crippen LogP contribution in [0.2, 0.25) is 0 Å². The Balaban J connectivity index is 3.17. The van der Waals surface area contributed by atoms with E-state index < -0.39 is 0 Å². The SMILES string of the molecule is C=CC(=C(C)C=CC)c1ccccc1. The number of rotatable bonds is 3. The first-order valence-electron chi connectivity index (χ1n) is 4.81. The monoisotopic (exact) mass is 184 g/mol. The second kappa shape index (κ2) is 5.23. The summed E-state index contributed by atoms with van der Waals surface area (Å²) in [5.41, 5.74) is 3.66. The number of hydrogen-bond donors (Lipinski definition) is 0. The fraction of sp³-hybridized carbons (Fsp3) is 0.143. The Morgan fingerprint density at radius 2 is 1.86 bits per heavy atom. The quantitative estimate of drug-likeness (QED) is 0.617. The second-order valence-electron chi connectivity index (χ2n) is 3.17. The third-order valence-electron chi connectivity index (χ3n) is 2.13. The summed E-state index contributed by atoms with van der Waals surface area (Å²) in [6.45, 7) is 7.97. The van der Waals surface area contributed by atoms with E-state index in [0.29, 0.717) is 0 Å². The lowest BCUT2D eigenvalue weighted by Crippen LogP contribution is -1.83. The van der Waals surface area contributed by atoms with Crippen LogP contribution in [0.25, 0.3) is 5.57 Å². The molecule has 0 aromatic heterocycles. The van der Waals surface area contributed by atoms with Crippen LogP contribution < -0.4 is 0 Å². The highest BCUT2D eigenvalue weighted by Crippen LogP contribution is 2.19. The maximum Gasteiger partial charge on any atom is -0.0161 e. The molecule has 0 saturated heterocycles. The van der Waals surface area contributed by atoms with E-state index in [-0.39, 0.29) is 0 Å². The first-order chi connectivity index (χ1) is 6.79. The van der Waals surface area contributed by atoms with Gasteiger partial charge in [0.25, 0.3) is 0 Å². The van der Waals surface area contributed by atoms with Crippen molar-refractivity contribution < 1.29 is 0 Å². The van der Waals surface area contributed by atoms with Crippen LogP contribution in [-0.2, 0) is 0 Å². The lowest BCUT2D eigenvalue weighted by Gasteiger charge is -2.04. The minimum atomic E-state index is 1.20. The average molecular weight is 184 g/mol. The van der Waals surface area contributed by atoms with Crippen LogP contribution in [0.4, 0.5) is 0 Å². The summed E-state index contributed by atoms with van der Waals surface area (Å²) >= 11 is 0. The largest absolute Gasteiger partial charge is 0.0984 e. The molecule has 0 fully saturated rings. The maximum atomic E-state index is 3.85. The van der Waals surface area contributed by atoms with Crippen LogP contribution in [0.1, 0.15) is 19.4 Å². The third kappa shape index (κ3) is 2.46. The normalized spacial score (nSPS) is 12.7. The van der Waals surface area contributed by atoms with Crippen molar-refractivity contribution in [2.45, 2.75) is 13.8 Å². The standard InChI is InChI=1S/C14H16/c1-4-9-12(3)14(5-2)13-10-7-6-8-11-13/h4-11H,2H2,1,3H3. The number of benzene rings is 1. The molecule has 0 spiro atoms. The molecule has 0 radical (unpaired) electrons. The molecule has 0 aliphatic carbocycles. The van der Waals surface area contributed by atoms with Gasteiger partial charge in [-0.2, -0.15) is 0 Å². The molecule has 1 aromatic carbocycles. The highest BCUT2D eigenvalue weighted by molar-refractivity contribution is 5.77. The van der Waals surface area contributed by atoms with E-state index in [9.17, 15) is 0 Å². The Morgan fingerprint density at radius 3 is 2.36 bits per heavy atom. The fourth-order valence-corrected chi connectivity index (χ4v) is 1.46. The molecule has 1 aromatic rings. The number of allylic oxidation sites excluding steroid dienone is 5. The molecule has 0 amide bonds. The van der Waals surface area contributed by atoms with Gasteiger partial charge in [0.15, 0.2) is 0 Å². The fourth-order valence-electron chi connectivity index (χ4n) is 1.46. The van der Waals surface area contributed by atoms with Crippen LogP contribution >= 0.6 is 0 Å². The van der Waals surface area contributed by atoms with E-state index in [1.165, 1.54) is 16.7 Å². The van der Waals surface area contributed by atoms with Crippen LogP contribution in [0.3, 0.4) is 0 Å². The van der Waals surface area contributed by atoms with E-state index in [2.05, 4.69) is 31.7 Å². The van der Waals surface area contributed by atoms with Gasteiger partial charge in [-0.3, -0.25) is 0 Å². The Hall–Kier alpha value is -1.56. The zero-order valence-corrected chi connectivity index (χ0v) is 8.83. The van der Waals surface area contributed by atoms with Gasteiger partial charge in [-0.05, 0) is 30.6 Å². The number of hydrogen-bond acceptors (Lipinski definition) is 0. The van der Waals surface area contributed by atoms with Crippen molar-refractivity contribution >= 4 is 5.57 Å². The van der Waals surface area contributed by atoms with Crippen molar-refractivity contribution in [2.75, 3.05) is 0 Å². The van der Waals surface area contributed by atoms with Gasteiger partial charge in [-0.15, -0.1) is 0 Å². The Bertz CT molecular complexity index is 353. The molecule has 0 heteroatoms. The summed E-state index contributed by atoms with van der Waals surface area (Å²) in [6, 6.07) is 10.3. The van der Waals surface area contributed by atoms with Crippen LogP contribution in [0, 0.1) is 0 Å². The van der Waals surface area contributed by atoms with Crippen molar-refractivity contribution in [3.8, 4) is 0 Å². The van der Waals surface area contributed by atoms with E-state index in [1.54, 1.807) is 0 Å². The van der Waals surface area contributed by atoms with Crippen molar-refractivity contribution in [1.82, 2.24) is 0 Å². The van der Waals surface area contributed by atoms with E-state index in [4.69, 9.17) is 0 Å². The Labute approximate surface area is 86.3 Å². The van der Waals surface area contributed by atoms with Crippen molar-refractivity contribution in [1.29, 1.82) is 0 Å². The minimum Gasteiger partial charge on any atom is -0.0984 e. The minimum absolute atomic E-state index is 1.20. The Morgan fingerprint density at radius 1 is 1.21 bits per heavy atom. The van der Waals surface area contributed by atoms with Crippen LogP contribution in [-0.4, -0.2) is 0 Å². The topological polar surface area (TPSA) is 0 Å². The van der Waals surface area contributed by atoms with Crippen LogP contribution in [0.15, 0.2) is 60.7 Å². The lowest BCUT2D eigenvalue weighted by atomic mass is 10.0. The molecular weight excluding hydrogens is 168 g/mol. The van der Waals surface area contributed by atoms with Gasteiger partial charge in [-0.25, -0.2) is 0 Å². The summed E-state index contributed by atoms with van der Waals surface area (Å²) < 4.78 is 0. The molecule has 72 valence electrons. The highest BCUT2D eigenvalue weighted by Gasteiger charge is 1.98. The van der Waals surface area contributed by atoms with Gasteiger partial charge in [0.2, 0.25) is 0 Å². The molecule has 0 nitrogen and oxygen atoms in total. The molecule has 0 aliphatic rings. The molecule has 0 saturated carbocycles. The van der Waals surface area contributed by atoms with E-state index in [1.807, 2.05) is 37.3 Å². The predicted octanol–water partition coefficient (Wildman–Crippen LogP) is 4.22. The molecule has 0 aliphatic heterocycles. The summed E-state index contributed by atoms with van der Waals surface area (Å²) in [7, 11) is 0. The summed E-state index contributed by atoms with van der Waals surface area (Å²) in [5.74, 6) is 0. The molecule has 0 bridgehead atoms. The molecule has 0 heterocycles. The molecule has 0 unspecified atom stereocenters. The first-order valence-corrected chi connectivity index (χ1v) is 4.81. The summed E-state index contributed by atoms with van der Waals surface area (Å²) in [4.78, 5) is 0. The van der Waals surface area contributed by atoms with Gasteiger partial charge in [0.05, 0.1) is 0 Å². The van der Waals surface area contributed by atoms with Gasteiger partial charge in [0, 0.05) is 0 Å². The second-order valence-corrected chi connectivity index (χ2v) is 3.17. The Kier molecular flexibility index (Phi) is 3.93. The molecule has 0 N–H and O–H groups in total.